The molecule has 5 rings (SSSR count). The highest BCUT2D eigenvalue weighted by atomic mass is 31.1. The molecule has 5 aromatic carbocycles. The lowest BCUT2D eigenvalue weighted by molar-refractivity contribution is 0.248. The molecule has 3 heteroatoms. The minimum Gasteiger partial charge on any atom is -0.488 e. The minimum absolute atomic E-state index is 0.0401. The monoisotopic (exact) mass is 641 g/mol. The molecule has 0 bridgehead atoms. The normalized spacial score (nSPS) is 13.3. The first-order valence-electron chi connectivity index (χ1n) is 17.0. The van der Waals surface area contributed by atoms with E-state index in [4.69, 9.17) is 4.74 Å². The van der Waals surface area contributed by atoms with Crippen LogP contribution in [0.2, 0.25) is 0 Å². The van der Waals surface area contributed by atoms with Gasteiger partial charge in [0.05, 0.1) is 0 Å². The fourth-order valence-corrected chi connectivity index (χ4v) is 7.94. The first-order chi connectivity index (χ1) is 22.6. The molecule has 0 aliphatic heterocycles. The maximum absolute atomic E-state index is 6.76. The Hall–Kier alpha value is -3.71. The predicted octanol–water partition coefficient (Wildman–Crippen LogP) is 11.0. The maximum atomic E-state index is 6.76. The van der Waals surface area contributed by atoms with Crippen LogP contribution in [-0.2, 0) is 36.8 Å². The first-order valence-corrected chi connectivity index (χ1v) is 18.0. The van der Waals surface area contributed by atoms with Gasteiger partial charge in [-0.2, -0.15) is 0 Å². The minimum atomic E-state index is -0.0946. The highest BCUT2D eigenvalue weighted by Gasteiger charge is 2.33. The summed E-state index contributed by atoms with van der Waals surface area (Å²) in [6.07, 6.45) is 1.02. The third-order valence-corrected chi connectivity index (χ3v) is 11.5. The smallest absolute Gasteiger partial charge is 0.126 e. The topological polar surface area (TPSA) is 12.5 Å². The van der Waals surface area contributed by atoms with Crippen molar-refractivity contribution < 1.29 is 4.74 Å². The fraction of sp³-hybridized carbons (Fsp3) is 0.318. The van der Waals surface area contributed by atoms with Crippen LogP contribution in [0.25, 0.3) is 0 Å². The van der Waals surface area contributed by atoms with Gasteiger partial charge in [0, 0.05) is 30.4 Å². The van der Waals surface area contributed by atoms with E-state index in [1.54, 1.807) is 0 Å². The van der Waals surface area contributed by atoms with Crippen molar-refractivity contribution in [1.82, 2.24) is 4.90 Å². The van der Waals surface area contributed by atoms with Crippen LogP contribution in [-0.4, -0.2) is 4.90 Å². The molecule has 0 N–H and O–H groups in total. The molecule has 0 saturated heterocycles. The van der Waals surface area contributed by atoms with Crippen molar-refractivity contribution in [3.8, 4) is 5.75 Å². The molecule has 0 aliphatic rings. The summed E-state index contributed by atoms with van der Waals surface area (Å²) in [5.74, 6) is 1.05. The van der Waals surface area contributed by atoms with Gasteiger partial charge in [0.25, 0.3) is 0 Å². The number of benzene rings is 5. The van der Waals surface area contributed by atoms with Gasteiger partial charge in [0.2, 0.25) is 0 Å². The summed E-state index contributed by atoms with van der Waals surface area (Å²) >= 11 is 0. The van der Waals surface area contributed by atoms with Crippen LogP contribution in [0.5, 0.6) is 5.75 Å². The van der Waals surface area contributed by atoms with Crippen molar-refractivity contribution in [2.24, 2.45) is 0 Å². The van der Waals surface area contributed by atoms with E-state index in [0.717, 1.165) is 31.8 Å². The summed E-state index contributed by atoms with van der Waals surface area (Å²) in [5, 5.41) is 1.39. The highest BCUT2D eigenvalue weighted by Crippen LogP contribution is 2.50. The van der Waals surface area contributed by atoms with E-state index in [2.05, 4.69) is 175 Å². The fourth-order valence-electron chi connectivity index (χ4n) is 6.29. The predicted molar refractivity (Wildman–Crippen MR) is 203 cm³/mol. The lowest BCUT2D eigenvalue weighted by Crippen LogP contribution is -2.28. The Labute approximate surface area is 286 Å². The Morgan fingerprint density at radius 1 is 0.617 bits per heavy atom. The number of hydrogen-bond acceptors (Lipinski definition) is 2. The van der Waals surface area contributed by atoms with Crippen LogP contribution in [0, 0.1) is 13.8 Å². The van der Waals surface area contributed by atoms with E-state index in [0.29, 0.717) is 15.2 Å². The lowest BCUT2D eigenvalue weighted by Gasteiger charge is -2.35. The molecule has 244 valence electrons. The molecule has 5 aromatic rings. The average Bonchev–Trinajstić information content (AvgIpc) is 3.06. The number of hydrogen-bond donors (Lipinski definition) is 0. The zero-order valence-corrected chi connectivity index (χ0v) is 30.4. The Morgan fingerprint density at radius 3 is 1.70 bits per heavy atom. The lowest BCUT2D eigenvalue weighted by atomic mass is 9.82. The first kappa shape index (κ1) is 34.6. The van der Waals surface area contributed by atoms with Crippen LogP contribution < -0.4 is 10.0 Å². The Bertz CT molecular complexity index is 1690. The van der Waals surface area contributed by atoms with Gasteiger partial charge in [-0.15, -0.1) is 0 Å². The van der Waals surface area contributed by atoms with Gasteiger partial charge in [-0.25, -0.2) is 0 Å². The highest BCUT2D eigenvalue weighted by molar-refractivity contribution is 7.48. The summed E-state index contributed by atoms with van der Waals surface area (Å²) in [4.78, 5) is 2.59. The largest absolute Gasteiger partial charge is 0.488 e. The Morgan fingerprint density at radius 2 is 1.17 bits per heavy atom. The Kier molecular flexibility index (Phi) is 11.4. The maximum Gasteiger partial charge on any atom is 0.126 e. The summed E-state index contributed by atoms with van der Waals surface area (Å²) in [6.45, 7) is 19.5. The molecule has 0 heterocycles. The zero-order valence-electron chi connectivity index (χ0n) is 29.4. The quantitative estimate of drug-likeness (QED) is 0.119. The molecule has 2 unspecified atom stereocenters. The second-order valence-corrected chi connectivity index (χ2v) is 16.1. The van der Waals surface area contributed by atoms with Crippen LogP contribution >= 0.6 is 8.58 Å². The molecule has 2 nitrogen and oxygen atoms in total. The van der Waals surface area contributed by atoms with E-state index < -0.39 is 0 Å². The van der Waals surface area contributed by atoms with Crippen molar-refractivity contribution in [1.29, 1.82) is 0 Å². The van der Waals surface area contributed by atoms with Gasteiger partial charge in [0.15, 0.2) is 0 Å². The molecule has 2 atom stereocenters. The van der Waals surface area contributed by atoms with Crippen LogP contribution in [0.4, 0.5) is 0 Å². The second-order valence-electron chi connectivity index (χ2n) is 14.2. The summed E-state index contributed by atoms with van der Waals surface area (Å²) in [7, 11) is 0.596. The van der Waals surface area contributed by atoms with Gasteiger partial charge in [-0.1, -0.05) is 165 Å². The molecule has 0 spiro atoms. The molecule has 0 aliphatic carbocycles. The number of nitrogens with zero attached hydrogens (tertiary/aromatic N) is 1. The van der Waals surface area contributed by atoms with E-state index >= 15 is 0 Å². The Balaban J connectivity index is 1.53. The number of ether oxygens (including phenoxy) is 1. The van der Waals surface area contributed by atoms with Gasteiger partial charge in [-0.3, -0.25) is 4.90 Å². The summed E-state index contributed by atoms with van der Waals surface area (Å²) < 4.78 is 6.76. The van der Waals surface area contributed by atoms with Crippen molar-refractivity contribution in [2.45, 2.75) is 91.7 Å². The van der Waals surface area contributed by atoms with Crippen LogP contribution in [0.1, 0.15) is 85.5 Å². The molecular weight excluding hydrogens is 589 g/mol. The number of rotatable bonds is 13. The van der Waals surface area contributed by atoms with E-state index in [1.807, 2.05) is 0 Å². The van der Waals surface area contributed by atoms with Gasteiger partial charge >= 0.3 is 0 Å². The van der Waals surface area contributed by atoms with E-state index in [1.165, 1.54) is 49.8 Å². The molecule has 0 amide bonds. The molecule has 0 radical (unpaired) electrons. The van der Waals surface area contributed by atoms with Crippen LogP contribution in [0.15, 0.2) is 121 Å². The van der Waals surface area contributed by atoms with Crippen LogP contribution in [0.3, 0.4) is 0 Å². The number of aryl methyl sites for hydroxylation is 2. The summed E-state index contributed by atoms with van der Waals surface area (Å²) in [6, 6.07) is 44.0. The van der Waals surface area contributed by atoms with Gasteiger partial charge in [-0.05, 0) is 69.9 Å². The van der Waals surface area contributed by atoms with Crippen molar-refractivity contribution in [2.75, 3.05) is 0 Å². The van der Waals surface area contributed by atoms with Crippen molar-refractivity contribution >= 4 is 13.9 Å². The standard InChI is InChI=1S/C44H52NOP/c1-8-44(7,40-28-39(43(4,5)6)27-34(3)41(40)46-32-37-24-16-11-17-25-37)47-42-33(2)19-18-26-38(42)31-45(29-35-20-12-9-13-21-35)30-36-22-14-10-15-23-36/h9-28,47H,8,29-32H2,1-7H3. The third-order valence-electron chi connectivity index (χ3n) is 9.32. The van der Waals surface area contributed by atoms with E-state index in [-0.39, 0.29) is 10.6 Å². The molecular formula is C44H52NOP. The van der Waals surface area contributed by atoms with Gasteiger partial charge < -0.3 is 4.74 Å². The van der Waals surface area contributed by atoms with Crippen molar-refractivity contribution in [3.63, 3.8) is 0 Å². The molecule has 0 saturated carbocycles. The molecule has 0 aromatic heterocycles. The van der Waals surface area contributed by atoms with Crippen molar-refractivity contribution in [3.05, 3.63) is 166 Å². The average molecular weight is 642 g/mol. The molecule has 47 heavy (non-hydrogen) atoms. The second kappa shape index (κ2) is 15.5. The summed E-state index contributed by atoms with van der Waals surface area (Å²) in [5.41, 5.74) is 10.6. The zero-order chi connectivity index (χ0) is 33.4. The third kappa shape index (κ3) is 9.01. The SMILES string of the molecule is CCC(C)(Pc1c(C)cccc1CN(Cc1ccccc1)Cc1ccccc1)c1cc(C(C)(C)C)cc(C)c1OCc1ccccc1. The molecule has 0 fully saturated rings. The van der Waals surface area contributed by atoms with E-state index in [9.17, 15) is 0 Å². The van der Waals surface area contributed by atoms with Gasteiger partial charge in [0.1, 0.15) is 12.4 Å².